The van der Waals surface area contributed by atoms with E-state index in [0.29, 0.717) is 10.6 Å². The Morgan fingerprint density at radius 1 is 1.53 bits per heavy atom. The predicted molar refractivity (Wildman–Crippen MR) is 65.7 cm³/mol. The number of rotatable bonds is 4. The fraction of sp³-hybridized carbons (Fsp3) is 0.273. The summed E-state index contributed by atoms with van der Waals surface area (Å²) in [5, 5.41) is 19.9. The van der Waals surface area contributed by atoms with Crippen LogP contribution in [0.15, 0.2) is 24.3 Å². The van der Waals surface area contributed by atoms with Crippen molar-refractivity contribution in [1.29, 1.82) is 5.41 Å². The fourth-order valence-corrected chi connectivity index (χ4v) is 1.59. The predicted octanol–water partition coefficient (Wildman–Crippen LogP) is 1.19. The van der Waals surface area contributed by atoms with Crippen molar-refractivity contribution in [2.45, 2.75) is 12.5 Å². The largest absolute Gasteiger partial charge is 0.357 e. The molecule has 0 saturated heterocycles. The van der Waals surface area contributed by atoms with Crippen LogP contribution in [-0.4, -0.2) is 29.4 Å². The molecule has 17 heavy (non-hydrogen) atoms. The zero-order valence-corrected chi connectivity index (χ0v) is 10.3. The smallest absolute Gasteiger partial charge is 0.248 e. The molecule has 0 aliphatic heterocycles. The number of hydrogen-bond acceptors (Lipinski definition) is 4. The molecule has 1 aromatic rings. The van der Waals surface area contributed by atoms with Gasteiger partial charge in [-0.25, -0.2) is 0 Å². The van der Waals surface area contributed by atoms with Crippen molar-refractivity contribution in [3.8, 4) is 0 Å². The minimum atomic E-state index is -1.51. The summed E-state index contributed by atoms with van der Waals surface area (Å²) < 4.78 is 0. The number of carbonyl (C=O) groups is 1. The Bertz CT molecular complexity index is 450. The van der Waals surface area contributed by atoms with Crippen LogP contribution < -0.4 is 10.8 Å². The molecule has 1 atom stereocenters. The van der Waals surface area contributed by atoms with Crippen LogP contribution in [0.25, 0.3) is 0 Å². The van der Waals surface area contributed by atoms with Gasteiger partial charge in [0.1, 0.15) is 0 Å². The van der Waals surface area contributed by atoms with Gasteiger partial charge in [0, 0.05) is 12.1 Å². The molecule has 1 unspecified atom stereocenters. The third-order valence-electron chi connectivity index (χ3n) is 2.52. The first kappa shape index (κ1) is 13.6. The Hall–Kier alpha value is -1.43. The average Bonchev–Trinajstić information content (AvgIpc) is 2.35. The summed E-state index contributed by atoms with van der Waals surface area (Å²) in [5.41, 5.74) is 0.748. The van der Waals surface area contributed by atoms with Gasteiger partial charge in [0.2, 0.25) is 5.91 Å². The van der Waals surface area contributed by atoms with Crippen molar-refractivity contribution < 1.29 is 10.0 Å². The van der Waals surface area contributed by atoms with Crippen molar-refractivity contribution in [3.05, 3.63) is 34.9 Å². The molecule has 0 aromatic heterocycles. The van der Waals surface area contributed by atoms with Crippen LogP contribution in [0, 0.1) is 5.41 Å². The van der Waals surface area contributed by atoms with Crippen LogP contribution in [0.5, 0.6) is 0 Å². The highest BCUT2D eigenvalue weighted by Crippen LogP contribution is 2.17. The molecule has 0 aliphatic carbocycles. The van der Waals surface area contributed by atoms with Crippen molar-refractivity contribution in [3.63, 3.8) is 0 Å². The van der Waals surface area contributed by atoms with Gasteiger partial charge in [0.05, 0.1) is 5.71 Å². The number of likely N-dealkylation sites (N-methyl/N-ethyl adjacent to an activating group) is 1. The molecule has 0 radical (unpaired) electrons. The normalized spacial score (nSPS) is 13.9. The van der Waals surface area contributed by atoms with Crippen LogP contribution >= 0.6 is 11.6 Å². The summed E-state index contributed by atoms with van der Waals surface area (Å²) in [7, 11) is 1.43. The highest BCUT2D eigenvalue weighted by molar-refractivity contribution is 6.31. The number of halogens is 1. The first-order valence-corrected chi connectivity index (χ1v) is 5.32. The minimum absolute atomic E-state index is 0.0677. The Labute approximate surface area is 104 Å². The molecule has 0 spiro atoms. The SMILES string of the molecule is CNC(=O)C(C)(NO)C(=N)c1cccc(Cl)c1. The number of benzene rings is 1. The lowest BCUT2D eigenvalue weighted by Crippen LogP contribution is -2.58. The van der Waals surface area contributed by atoms with Gasteiger partial charge in [-0.2, -0.15) is 5.48 Å². The van der Waals surface area contributed by atoms with Crippen molar-refractivity contribution in [2.24, 2.45) is 0 Å². The molecular formula is C11H14ClN3O2. The van der Waals surface area contributed by atoms with E-state index >= 15 is 0 Å². The number of carbonyl (C=O) groups excluding carboxylic acids is 1. The van der Waals surface area contributed by atoms with Gasteiger partial charge in [-0.15, -0.1) is 0 Å². The van der Waals surface area contributed by atoms with Crippen LogP contribution in [0.2, 0.25) is 5.02 Å². The van der Waals surface area contributed by atoms with Crippen molar-refractivity contribution in [2.75, 3.05) is 7.05 Å². The van der Waals surface area contributed by atoms with E-state index < -0.39 is 11.4 Å². The molecule has 0 aliphatic rings. The van der Waals surface area contributed by atoms with Crippen molar-refractivity contribution in [1.82, 2.24) is 10.8 Å². The Balaban J connectivity index is 3.14. The molecule has 5 nitrogen and oxygen atoms in total. The van der Waals surface area contributed by atoms with Gasteiger partial charge in [0.15, 0.2) is 5.54 Å². The fourth-order valence-electron chi connectivity index (χ4n) is 1.40. The summed E-state index contributed by atoms with van der Waals surface area (Å²) >= 11 is 5.82. The lowest BCUT2D eigenvalue weighted by Gasteiger charge is -2.26. The van der Waals surface area contributed by atoms with Gasteiger partial charge < -0.3 is 15.9 Å². The molecular weight excluding hydrogens is 242 g/mol. The maximum atomic E-state index is 11.7. The van der Waals surface area contributed by atoms with E-state index in [4.69, 9.17) is 22.2 Å². The summed E-state index contributed by atoms with van der Waals surface area (Å²) in [6.07, 6.45) is 0. The molecule has 1 rings (SSSR count). The average molecular weight is 256 g/mol. The molecule has 1 amide bonds. The third-order valence-corrected chi connectivity index (χ3v) is 2.75. The van der Waals surface area contributed by atoms with E-state index in [1.807, 2.05) is 5.48 Å². The molecule has 0 saturated carbocycles. The van der Waals surface area contributed by atoms with Gasteiger partial charge in [-0.1, -0.05) is 23.7 Å². The third kappa shape index (κ3) is 2.63. The lowest BCUT2D eigenvalue weighted by molar-refractivity contribution is -0.127. The molecule has 0 bridgehead atoms. The summed E-state index contributed by atoms with van der Waals surface area (Å²) in [5.74, 6) is -0.509. The Morgan fingerprint density at radius 3 is 2.65 bits per heavy atom. The second kappa shape index (κ2) is 5.27. The van der Waals surface area contributed by atoms with Crippen LogP contribution in [0.1, 0.15) is 12.5 Å². The number of hydrogen-bond donors (Lipinski definition) is 4. The maximum Gasteiger partial charge on any atom is 0.248 e. The summed E-state index contributed by atoms with van der Waals surface area (Å²) in [6.45, 7) is 1.41. The van der Waals surface area contributed by atoms with E-state index in [1.165, 1.54) is 14.0 Å². The highest BCUT2D eigenvalue weighted by atomic mass is 35.5. The molecule has 1 aromatic carbocycles. The van der Waals surface area contributed by atoms with Gasteiger partial charge in [-0.3, -0.25) is 4.79 Å². The summed E-state index contributed by atoms with van der Waals surface area (Å²) in [6, 6.07) is 6.55. The molecule has 4 N–H and O–H groups in total. The standard InChI is InChI=1S/C11H14ClN3O2/c1-11(15-17,10(16)14-2)9(13)7-4-3-5-8(12)6-7/h3-6,13,15,17H,1-2H3,(H,14,16). The quantitative estimate of drug-likeness (QED) is 0.482. The monoisotopic (exact) mass is 255 g/mol. The van der Waals surface area contributed by atoms with Crippen molar-refractivity contribution >= 4 is 23.2 Å². The van der Waals surface area contributed by atoms with Crippen LogP contribution in [0.4, 0.5) is 0 Å². The van der Waals surface area contributed by atoms with Gasteiger partial charge in [0.25, 0.3) is 0 Å². The Kier molecular flexibility index (Phi) is 4.22. The zero-order chi connectivity index (χ0) is 13.1. The lowest BCUT2D eigenvalue weighted by atomic mass is 9.90. The molecule has 0 heterocycles. The second-order valence-electron chi connectivity index (χ2n) is 3.70. The minimum Gasteiger partial charge on any atom is -0.357 e. The number of nitrogens with one attached hydrogen (secondary N) is 3. The zero-order valence-electron chi connectivity index (χ0n) is 9.54. The summed E-state index contributed by atoms with van der Waals surface area (Å²) in [4.78, 5) is 11.7. The van der Waals surface area contributed by atoms with E-state index in [9.17, 15) is 4.79 Å². The van der Waals surface area contributed by atoms with Crippen LogP contribution in [0.3, 0.4) is 0 Å². The molecule has 92 valence electrons. The first-order valence-electron chi connectivity index (χ1n) is 4.94. The highest BCUT2D eigenvalue weighted by Gasteiger charge is 2.37. The maximum absolute atomic E-state index is 11.7. The van der Waals surface area contributed by atoms with Gasteiger partial charge >= 0.3 is 0 Å². The number of amides is 1. The first-order chi connectivity index (χ1) is 7.95. The van der Waals surface area contributed by atoms with Gasteiger partial charge in [-0.05, 0) is 24.6 Å². The van der Waals surface area contributed by atoms with E-state index in [2.05, 4.69) is 5.32 Å². The number of hydroxylamine groups is 1. The van der Waals surface area contributed by atoms with E-state index in [-0.39, 0.29) is 5.71 Å². The second-order valence-corrected chi connectivity index (χ2v) is 4.14. The molecule has 6 heteroatoms. The van der Waals surface area contributed by atoms with Crippen LogP contribution in [-0.2, 0) is 4.79 Å². The topological polar surface area (TPSA) is 85.2 Å². The van der Waals surface area contributed by atoms with E-state index in [0.717, 1.165) is 0 Å². The molecule has 0 fully saturated rings. The Morgan fingerprint density at radius 2 is 2.18 bits per heavy atom. The van der Waals surface area contributed by atoms with E-state index in [1.54, 1.807) is 24.3 Å².